The lowest BCUT2D eigenvalue weighted by Crippen LogP contribution is -2.13. The monoisotopic (exact) mass is 345 g/mol. The van der Waals surface area contributed by atoms with Gasteiger partial charge in [-0.05, 0) is 43.4 Å². The Balaban J connectivity index is 1.78. The van der Waals surface area contributed by atoms with Crippen LogP contribution in [0, 0.1) is 0 Å². The summed E-state index contributed by atoms with van der Waals surface area (Å²) in [7, 11) is 0. The van der Waals surface area contributed by atoms with Crippen LogP contribution in [0.5, 0.6) is 0 Å². The molecule has 3 nitrogen and oxygen atoms in total. The van der Waals surface area contributed by atoms with Gasteiger partial charge in [-0.15, -0.1) is 6.58 Å². The molecule has 1 aromatic carbocycles. The number of aryl methyl sites for hydroxylation is 1. The van der Waals surface area contributed by atoms with Crippen LogP contribution in [-0.4, -0.2) is 16.5 Å². The highest BCUT2D eigenvalue weighted by Gasteiger charge is 2.17. The number of thioether (sulfide) groups is 1. The molecule has 0 saturated heterocycles. The van der Waals surface area contributed by atoms with Gasteiger partial charge < -0.3 is 5.32 Å². The van der Waals surface area contributed by atoms with Crippen molar-refractivity contribution in [1.29, 1.82) is 0 Å². The van der Waals surface area contributed by atoms with E-state index in [0.29, 0.717) is 0 Å². The zero-order valence-electron chi connectivity index (χ0n) is 13.0. The van der Waals surface area contributed by atoms with Gasteiger partial charge in [-0.1, -0.05) is 41.6 Å². The predicted molar refractivity (Wildman–Crippen MR) is 98.4 cm³/mol. The van der Waals surface area contributed by atoms with Crippen molar-refractivity contribution in [3.63, 3.8) is 0 Å². The van der Waals surface area contributed by atoms with Crippen LogP contribution in [0.15, 0.2) is 42.1 Å². The van der Waals surface area contributed by atoms with E-state index in [4.69, 9.17) is 21.6 Å². The molecule has 1 aliphatic carbocycles. The van der Waals surface area contributed by atoms with E-state index in [-0.39, 0.29) is 0 Å². The van der Waals surface area contributed by atoms with Gasteiger partial charge in [0.25, 0.3) is 0 Å². The van der Waals surface area contributed by atoms with E-state index in [0.717, 1.165) is 41.1 Å². The summed E-state index contributed by atoms with van der Waals surface area (Å²) in [6.45, 7) is 4.50. The van der Waals surface area contributed by atoms with Crippen LogP contribution in [-0.2, 0) is 18.6 Å². The van der Waals surface area contributed by atoms with E-state index in [9.17, 15) is 0 Å². The van der Waals surface area contributed by atoms with E-state index in [1.807, 2.05) is 30.3 Å². The van der Waals surface area contributed by atoms with Gasteiger partial charge in [-0.25, -0.2) is 9.97 Å². The molecule has 0 amide bonds. The summed E-state index contributed by atoms with van der Waals surface area (Å²) in [5.41, 5.74) is 3.71. The van der Waals surface area contributed by atoms with E-state index < -0.39 is 0 Å². The highest BCUT2D eigenvalue weighted by atomic mass is 35.5. The number of anilines is 1. The second-order valence-corrected chi connectivity index (χ2v) is 6.95. The molecule has 3 rings (SSSR count). The molecule has 0 saturated carbocycles. The molecule has 23 heavy (non-hydrogen) atoms. The third kappa shape index (κ3) is 4.27. The molecule has 1 aliphatic rings. The molecule has 0 bridgehead atoms. The van der Waals surface area contributed by atoms with Gasteiger partial charge in [0.05, 0.1) is 5.69 Å². The van der Waals surface area contributed by atoms with Crippen molar-refractivity contribution in [1.82, 2.24) is 9.97 Å². The van der Waals surface area contributed by atoms with Crippen LogP contribution in [0.2, 0.25) is 5.02 Å². The number of hydrogen-bond donors (Lipinski definition) is 1. The quantitative estimate of drug-likeness (QED) is 0.459. The average molecular weight is 346 g/mol. The molecule has 1 aromatic heterocycles. The maximum absolute atomic E-state index is 5.93. The van der Waals surface area contributed by atoms with Crippen LogP contribution in [0.4, 0.5) is 5.82 Å². The second-order valence-electron chi connectivity index (χ2n) is 5.57. The highest BCUT2D eigenvalue weighted by Crippen LogP contribution is 2.29. The first-order valence-corrected chi connectivity index (χ1v) is 9.24. The van der Waals surface area contributed by atoms with Crippen molar-refractivity contribution >= 4 is 29.2 Å². The van der Waals surface area contributed by atoms with E-state index in [2.05, 4.69) is 11.9 Å². The molecule has 1 N–H and O–H groups in total. The number of benzene rings is 1. The van der Waals surface area contributed by atoms with Crippen LogP contribution in [0.25, 0.3) is 0 Å². The van der Waals surface area contributed by atoms with Crippen molar-refractivity contribution in [2.24, 2.45) is 0 Å². The summed E-state index contributed by atoms with van der Waals surface area (Å²) in [4.78, 5) is 9.50. The van der Waals surface area contributed by atoms with Crippen molar-refractivity contribution in [2.75, 3.05) is 11.9 Å². The Morgan fingerprint density at radius 2 is 1.96 bits per heavy atom. The summed E-state index contributed by atoms with van der Waals surface area (Å²) in [6, 6.07) is 7.93. The van der Waals surface area contributed by atoms with Gasteiger partial charge in [0.15, 0.2) is 5.16 Å². The summed E-state index contributed by atoms with van der Waals surface area (Å²) in [6.07, 6.45) is 6.41. The molecular weight excluding hydrogens is 326 g/mol. The lowest BCUT2D eigenvalue weighted by Gasteiger charge is -2.19. The highest BCUT2D eigenvalue weighted by molar-refractivity contribution is 7.98. The topological polar surface area (TPSA) is 37.8 Å². The zero-order chi connectivity index (χ0) is 16.1. The van der Waals surface area contributed by atoms with Crippen LogP contribution < -0.4 is 5.32 Å². The molecule has 120 valence electrons. The first-order chi connectivity index (χ1) is 11.3. The summed E-state index contributed by atoms with van der Waals surface area (Å²) in [5.74, 6) is 1.82. The lowest BCUT2D eigenvalue weighted by molar-refractivity contribution is 0.651. The number of aromatic nitrogens is 2. The fourth-order valence-corrected chi connectivity index (χ4v) is 3.62. The molecule has 0 aliphatic heterocycles. The van der Waals surface area contributed by atoms with Gasteiger partial charge in [-0.3, -0.25) is 0 Å². The first kappa shape index (κ1) is 16.3. The van der Waals surface area contributed by atoms with Gasteiger partial charge >= 0.3 is 0 Å². The van der Waals surface area contributed by atoms with Crippen molar-refractivity contribution in [2.45, 2.75) is 36.6 Å². The molecule has 0 spiro atoms. The normalized spacial score (nSPS) is 13.4. The minimum absolute atomic E-state index is 0.727. The standard InChI is InChI=1S/C18H20ClN3S/c1-2-11-20-17-15-5-3-4-6-16(15)21-18(22-17)23-12-13-7-9-14(19)10-8-13/h2,7-10H,1,3-6,11-12H2,(H,20,21,22). The minimum atomic E-state index is 0.727. The van der Waals surface area contributed by atoms with Crippen molar-refractivity contribution in [3.8, 4) is 0 Å². The molecule has 2 aromatic rings. The van der Waals surface area contributed by atoms with E-state index in [1.54, 1.807) is 11.8 Å². The molecule has 0 unspecified atom stereocenters. The van der Waals surface area contributed by atoms with E-state index in [1.165, 1.54) is 29.7 Å². The predicted octanol–water partition coefficient (Wildman–Crippen LogP) is 4.90. The fraction of sp³-hybridized carbons (Fsp3) is 0.333. The number of halogens is 1. The summed E-state index contributed by atoms with van der Waals surface area (Å²) >= 11 is 7.60. The van der Waals surface area contributed by atoms with Crippen LogP contribution >= 0.6 is 23.4 Å². The zero-order valence-corrected chi connectivity index (χ0v) is 14.6. The van der Waals surface area contributed by atoms with Crippen molar-refractivity contribution in [3.05, 3.63) is 58.8 Å². The Labute approximate surface area is 146 Å². The average Bonchev–Trinajstić information content (AvgIpc) is 2.59. The molecule has 5 heteroatoms. The summed E-state index contributed by atoms with van der Waals surface area (Å²) < 4.78 is 0. The molecule has 1 heterocycles. The smallest absolute Gasteiger partial charge is 0.190 e. The fourth-order valence-electron chi connectivity index (χ4n) is 2.68. The number of nitrogens with one attached hydrogen (secondary N) is 1. The summed E-state index contributed by atoms with van der Waals surface area (Å²) in [5, 5.41) is 4.97. The number of hydrogen-bond acceptors (Lipinski definition) is 4. The Hall–Kier alpha value is -1.52. The second kappa shape index (κ2) is 7.84. The van der Waals surface area contributed by atoms with Crippen LogP contribution in [0.1, 0.15) is 29.7 Å². The SMILES string of the molecule is C=CCNc1nc(SCc2ccc(Cl)cc2)nc2c1CCCC2. The number of rotatable bonds is 6. The molecule has 0 fully saturated rings. The largest absolute Gasteiger partial charge is 0.366 e. The lowest BCUT2D eigenvalue weighted by atomic mass is 9.96. The van der Waals surface area contributed by atoms with Gasteiger partial charge in [-0.2, -0.15) is 0 Å². The van der Waals surface area contributed by atoms with Gasteiger partial charge in [0.2, 0.25) is 0 Å². The maximum atomic E-state index is 5.93. The Morgan fingerprint density at radius 1 is 1.17 bits per heavy atom. The Bertz CT molecular complexity index is 685. The number of nitrogens with zero attached hydrogens (tertiary/aromatic N) is 2. The molecule has 0 atom stereocenters. The Kier molecular flexibility index (Phi) is 5.57. The third-order valence-electron chi connectivity index (χ3n) is 3.86. The molecule has 0 radical (unpaired) electrons. The maximum Gasteiger partial charge on any atom is 0.190 e. The van der Waals surface area contributed by atoms with Crippen molar-refractivity contribution < 1.29 is 0 Å². The Morgan fingerprint density at radius 3 is 2.74 bits per heavy atom. The van der Waals surface area contributed by atoms with Gasteiger partial charge in [0, 0.05) is 22.9 Å². The third-order valence-corrected chi connectivity index (χ3v) is 5.03. The van der Waals surface area contributed by atoms with Crippen LogP contribution in [0.3, 0.4) is 0 Å². The van der Waals surface area contributed by atoms with Gasteiger partial charge in [0.1, 0.15) is 5.82 Å². The number of fused-ring (bicyclic) bond motifs is 1. The van der Waals surface area contributed by atoms with E-state index >= 15 is 0 Å². The minimum Gasteiger partial charge on any atom is -0.366 e. The first-order valence-electron chi connectivity index (χ1n) is 7.88. The molecular formula is C18H20ClN3S.